The number of nitrogens with zero attached hydrogens (tertiary/aromatic N) is 2. The Morgan fingerprint density at radius 3 is 2.71 bits per heavy atom. The van der Waals surface area contributed by atoms with Gasteiger partial charge in [0.2, 0.25) is 0 Å². The monoisotopic (exact) mass is 240 g/mol. The number of hydrogen-bond donors (Lipinski definition) is 1. The second-order valence-corrected chi connectivity index (χ2v) is 6.09. The van der Waals surface area contributed by atoms with E-state index in [4.69, 9.17) is 0 Å². The summed E-state index contributed by atoms with van der Waals surface area (Å²) < 4.78 is 0. The SMILES string of the molecule is CN1CCCC(N(C)CCC2CCCC2O)C1. The quantitative estimate of drug-likeness (QED) is 0.808. The topological polar surface area (TPSA) is 26.7 Å². The first-order valence-corrected chi connectivity index (χ1v) is 7.23. The van der Waals surface area contributed by atoms with Gasteiger partial charge in [-0.1, -0.05) is 6.42 Å². The van der Waals surface area contributed by atoms with Crippen molar-refractivity contribution in [3.05, 3.63) is 0 Å². The van der Waals surface area contributed by atoms with Crippen LogP contribution in [0.5, 0.6) is 0 Å². The van der Waals surface area contributed by atoms with Crippen LogP contribution < -0.4 is 0 Å². The van der Waals surface area contributed by atoms with Gasteiger partial charge in [-0.25, -0.2) is 0 Å². The molecule has 2 fully saturated rings. The second kappa shape index (κ2) is 6.17. The molecule has 1 heterocycles. The van der Waals surface area contributed by atoms with Crippen molar-refractivity contribution in [2.24, 2.45) is 5.92 Å². The molecule has 0 bridgehead atoms. The van der Waals surface area contributed by atoms with Crippen LogP contribution in [0.3, 0.4) is 0 Å². The third kappa shape index (κ3) is 3.67. The summed E-state index contributed by atoms with van der Waals surface area (Å²) >= 11 is 0. The van der Waals surface area contributed by atoms with Gasteiger partial charge in [-0.2, -0.15) is 0 Å². The highest BCUT2D eigenvalue weighted by molar-refractivity contribution is 4.81. The fourth-order valence-corrected chi connectivity index (χ4v) is 3.40. The lowest BCUT2D eigenvalue weighted by Gasteiger charge is -2.36. The Kier molecular flexibility index (Phi) is 4.83. The van der Waals surface area contributed by atoms with Gasteiger partial charge in [-0.3, -0.25) is 0 Å². The van der Waals surface area contributed by atoms with Crippen molar-refractivity contribution in [1.82, 2.24) is 9.80 Å². The molecule has 1 aliphatic heterocycles. The van der Waals surface area contributed by atoms with Gasteiger partial charge < -0.3 is 14.9 Å². The van der Waals surface area contributed by atoms with E-state index in [2.05, 4.69) is 23.9 Å². The molecule has 1 aliphatic carbocycles. The molecule has 100 valence electrons. The second-order valence-electron chi connectivity index (χ2n) is 6.09. The van der Waals surface area contributed by atoms with Gasteiger partial charge in [-0.05, 0) is 65.2 Å². The van der Waals surface area contributed by atoms with Crippen LogP contribution >= 0.6 is 0 Å². The number of hydrogen-bond acceptors (Lipinski definition) is 3. The number of aliphatic hydroxyl groups is 1. The van der Waals surface area contributed by atoms with Crippen LogP contribution in [0.15, 0.2) is 0 Å². The Balaban J connectivity index is 1.71. The van der Waals surface area contributed by atoms with Crippen LogP contribution in [0, 0.1) is 5.92 Å². The summed E-state index contributed by atoms with van der Waals surface area (Å²) in [5.74, 6) is 0.568. The summed E-state index contributed by atoms with van der Waals surface area (Å²) in [5, 5.41) is 9.83. The Morgan fingerprint density at radius 2 is 2.06 bits per heavy atom. The lowest BCUT2D eigenvalue weighted by atomic mass is 10.00. The van der Waals surface area contributed by atoms with Gasteiger partial charge in [0.15, 0.2) is 0 Å². The lowest BCUT2D eigenvalue weighted by Crippen LogP contribution is -2.45. The molecule has 3 unspecified atom stereocenters. The minimum atomic E-state index is -0.0163. The third-order valence-corrected chi connectivity index (χ3v) is 4.69. The first kappa shape index (κ1) is 13.3. The zero-order valence-electron chi connectivity index (χ0n) is 11.4. The summed E-state index contributed by atoms with van der Waals surface area (Å²) in [5.41, 5.74) is 0. The smallest absolute Gasteiger partial charge is 0.0568 e. The van der Waals surface area contributed by atoms with Gasteiger partial charge in [0.25, 0.3) is 0 Å². The number of likely N-dealkylation sites (N-methyl/N-ethyl adjacent to an activating group) is 2. The predicted molar refractivity (Wildman–Crippen MR) is 71.1 cm³/mol. The van der Waals surface area contributed by atoms with Crippen molar-refractivity contribution in [3.63, 3.8) is 0 Å². The van der Waals surface area contributed by atoms with E-state index in [9.17, 15) is 5.11 Å². The van der Waals surface area contributed by atoms with Crippen molar-refractivity contribution in [3.8, 4) is 0 Å². The highest BCUT2D eigenvalue weighted by atomic mass is 16.3. The van der Waals surface area contributed by atoms with E-state index in [0.29, 0.717) is 5.92 Å². The fourth-order valence-electron chi connectivity index (χ4n) is 3.40. The number of aliphatic hydroxyl groups excluding tert-OH is 1. The summed E-state index contributed by atoms with van der Waals surface area (Å²) in [6.45, 7) is 3.62. The van der Waals surface area contributed by atoms with E-state index >= 15 is 0 Å². The van der Waals surface area contributed by atoms with Crippen LogP contribution in [0.2, 0.25) is 0 Å². The molecule has 17 heavy (non-hydrogen) atoms. The Bertz CT molecular complexity index is 234. The molecule has 3 atom stereocenters. The summed E-state index contributed by atoms with van der Waals surface area (Å²) in [6, 6.07) is 0.729. The van der Waals surface area contributed by atoms with Gasteiger partial charge in [0.05, 0.1) is 6.10 Å². The molecule has 0 radical (unpaired) electrons. The number of piperidine rings is 1. The molecule has 1 N–H and O–H groups in total. The van der Waals surface area contributed by atoms with E-state index in [1.807, 2.05) is 0 Å². The minimum Gasteiger partial charge on any atom is -0.393 e. The average molecular weight is 240 g/mol. The summed E-state index contributed by atoms with van der Waals surface area (Å²) in [7, 11) is 4.48. The van der Waals surface area contributed by atoms with Crippen LogP contribution in [0.1, 0.15) is 38.5 Å². The first-order valence-electron chi connectivity index (χ1n) is 7.23. The molecule has 2 rings (SSSR count). The first-order chi connectivity index (χ1) is 8.16. The molecule has 3 heteroatoms. The maximum Gasteiger partial charge on any atom is 0.0568 e. The Hall–Kier alpha value is -0.120. The van der Waals surface area contributed by atoms with Gasteiger partial charge in [-0.15, -0.1) is 0 Å². The molecule has 0 amide bonds. The Morgan fingerprint density at radius 1 is 1.24 bits per heavy atom. The minimum absolute atomic E-state index is 0.0163. The predicted octanol–water partition coefficient (Wildman–Crippen LogP) is 1.56. The number of rotatable bonds is 4. The van der Waals surface area contributed by atoms with Crippen molar-refractivity contribution >= 4 is 0 Å². The Labute approximate surface area is 106 Å². The van der Waals surface area contributed by atoms with Gasteiger partial charge in [0.1, 0.15) is 0 Å². The molecular formula is C14H28N2O. The fraction of sp³-hybridized carbons (Fsp3) is 1.00. The highest BCUT2D eigenvalue weighted by Gasteiger charge is 2.26. The molecule has 3 nitrogen and oxygen atoms in total. The van der Waals surface area contributed by atoms with Crippen molar-refractivity contribution < 1.29 is 5.11 Å². The third-order valence-electron chi connectivity index (χ3n) is 4.69. The average Bonchev–Trinajstić information content (AvgIpc) is 2.72. The zero-order valence-corrected chi connectivity index (χ0v) is 11.4. The molecular weight excluding hydrogens is 212 g/mol. The van der Waals surface area contributed by atoms with E-state index in [0.717, 1.165) is 19.0 Å². The molecule has 0 spiro atoms. The van der Waals surface area contributed by atoms with Gasteiger partial charge >= 0.3 is 0 Å². The molecule has 0 aromatic carbocycles. The molecule has 0 aromatic heterocycles. The van der Waals surface area contributed by atoms with Crippen molar-refractivity contribution in [1.29, 1.82) is 0 Å². The molecule has 1 saturated carbocycles. The van der Waals surface area contributed by atoms with Crippen LogP contribution in [-0.4, -0.2) is 60.8 Å². The van der Waals surface area contributed by atoms with Crippen LogP contribution in [0.25, 0.3) is 0 Å². The van der Waals surface area contributed by atoms with Crippen LogP contribution in [0.4, 0.5) is 0 Å². The van der Waals surface area contributed by atoms with E-state index in [1.54, 1.807) is 0 Å². The summed E-state index contributed by atoms with van der Waals surface area (Å²) in [6.07, 6.45) is 7.32. The lowest BCUT2D eigenvalue weighted by molar-refractivity contribution is 0.0992. The van der Waals surface area contributed by atoms with Gasteiger partial charge in [0, 0.05) is 12.6 Å². The zero-order chi connectivity index (χ0) is 12.3. The van der Waals surface area contributed by atoms with Crippen molar-refractivity contribution in [2.75, 3.05) is 33.7 Å². The molecule has 0 aromatic rings. The van der Waals surface area contributed by atoms with Crippen LogP contribution in [-0.2, 0) is 0 Å². The normalized spacial score (nSPS) is 35.6. The maximum absolute atomic E-state index is 9.83. The van der Waals surface area contributed by atoms with Crippen molar-refractivity contribution in [2.45, 2.75) is 50.7 Å². The maximum atomic E-state index is 9.83. The van der Waals surface area contributed by atoms with E-state index < -0.39 is 0 Å². The molecule has 2 aliphatic rings. The van der Waals surface area contributed by atoms with E-state index in [1.165, 1.54) is 45.2 Å². The largest absolute Gasteiger partial charge is 0.393 e. The van der Waals surface area contributed by atoms with E-state index in [-0.39, 0.29) is 6.10 Å². The number of likely N-dealkylation sites (tertiary alicyclic amines) is 1. The molecule has 1 saturated heterocycles. The highest BCUT2D eigenvalue weighted by Crippen LogP contribution is 2.28. The summed E-state index contributed by atoms with van der Waals surface area (Å²) in [4.78, 5) is 4.95. The standard InChI is InChI=1S/C14H28N2O/c1-15-9-4-6-13(11-15)16(2)10-8-12-5-3-7-14(12)17/h12-14,17H,3-11H2,1-2H3.